The number of aryl methyl sites for hydroxylation is 1. The average molecular weight is 870 g/mol. The number of fused-ring (bicyclic) bond motifs is 3. The summed E-state index contributed by atoms with van der Waals surface area (Å²) in [5, 5.41) is 6.79. The minimum atomic E-state index is -2.27. The first-order valence-electron chi connectivity index (χ1n) is 17.9. The van der Waals surface area contributed by atoms with E-state index in [-0.39, 0.29) is 20.1 Å². The van der Waals surface area contributed by atoms with Crippen molar-refractivity contribution in [2.45, 2.75) is 40.3 Å². The Bertz CT molecular complexity index is 2280. The van der Waals surface area contributed by atoms with Crippen LogP contribution >= 0.6 is 0 Å². The van der Waals surface area contributed by atoms with Crippen molar-refractivity contribution < 1.29 is 20.1 Å². The molecule has 0 amide bonds. The standard InChI is InChI=1S/C36H35N2Si.C11H8N.Ir/c1-5-38-34-19-13-12-18-31(34)32-23-27(20-21-35(32)38)33-24-28(22-26(2)3)36(25-37-33)39(4,29-14-8-6-9-15-29)30-16-10-7-11-17-30;1-2-6-10(7-3-1)11-8-4-5-9-12-11;/h6-19,21,23-26H,5,22H2,1-4H3;1-6,8-9H;/q2*-1;. The number of aromatic nitrogens is 3. The van der Waals surface area contributed by atoms with E-state index in [4.69, 9.17) is 4.98 Å². The number of benzene rings is 5. The summed E-state index contributed by atoms with van der Waals surface area (Å²) in [6, 6.07) is 58.0. The molecule has 0 unspecified atom stereocenters. The molecule has 52 heavy (non-hydrogen) atoms. The molecule has 5 heteroatoms. The zero-order valence-corrected chi connectivity index (χ0v) is 33.6. The molecule has 3 nitrogen and oxygen atoms in total. The van der Waals surface area contributed by atoms with Gasteiger partial charge in [0.25, 0.3) is 0 Å². The predicted molar refractivity (Wildman–Crippen MR) is 218 cm³/mol. The van der Waals surface area contributed by atoms with Crippen LogP contribution in [0, 0.1) is 18.1 Å². The van der Waals surface area contributed by atoms with Crippen molar-refractivity contribution in [1.82, 2.24) is 14.5 Å². The molecule has 8 aromatic rings. The third-order valence-corrected chi connectivity index (χ3v) is 14.3. The van der Waals surface area contributed by atoms with E-state index in [1.807, 2.05) is 42.5 Å². The molecule has 0 saturated heterocycles. The predicted octanol–water partition coefficient (Wildman–Crippen LogP) is 9.52. The van der Waals surface area contributed by atoms with Gasteiger partial charge in [0.1, 0.15) is 8.07 Å². The maximum absolute atomic E-state index is 5.14. The molecule has 5 aromatic carbocycles. The maximum atomic E-state index is 5.14. The van der Waals surface area contributed by atoms with Gasteiger partial charge in [-0.2, -0.15) is 0 Å². The Kier molecular flexibility index (Phi) is 11.8. The molecule has 0 aliphatic heterocycles. The van der Waals surface area contributed by atoms with Crippen LogP contribution < -0.4 is 15.6 Å². The Morgan fingerprint density at radius 1 is 0.654 bits per heavy atom. The molecule has 3 heterocycles. The van der Waals surface area contributed by atoms with Gasteiger partial charge in [-0.1, -0.05) is 128 Å². The van der Waals surface area contributed by atoms with Crippen LogP contribution in [0.3, 0.4) is 0 Å². The fourth-order valence-electron chi connectivity index (χ4n) is 7.28. The Labute approximate surface area is 322 Å². The number of para-hydroxylation sites is 1. The molecule has 0 spiro atoms. The summed E-state index contributed by atoms with van der Waals surface area (Å²) in [6.07, 6.45) is 4.99. The van der Waals surface area contributed by atoms with Crippen molar-refractivity contribution in [3.8, 4) is 22.5 Å². The van der Waals surface area contributed by atoms with Crippen molar-refractivity contribution in [1.29, 1.82) is 0 Å². The van der Waals surface area contributed by atoms with Gasteiger partial charge in [-0.3, -0.25) is 0 Å². The van der Waals surface area contributed by atoms with Crippen molar-refractivity contribution >= 4 is 45.4 Å². The molecular formula is C47H43IrN3Si-2. The molecular weight excluding hydrogens is 827 g/mol. The third kappa shape index (κ3) is 7.49. The quantitative estimate of drug-likeness (QED) is 0.113. The Hall–Kier alpha value is -4.93. The molecule has 0 N–H and O–H groups in total. The normalized spacial score (nSPS) is 11.2. The number of hydrogen-bond donors (Lipinski definition) is 0. The number of nitrogens with zero attached hydrogens (tertiary/aromatic N) is 3. The zero-order valence-electron chi connectivity index (χ0n) is 30.2. The second-order valence-corrected chi connectivity index (χ2v) is 17.5. The monoisotopic (exact) mass is 870 g/mol. The largest absolute Gasteiger partial charge is 0.381 e. The summed E-state index contributed by atoms with van der Waals surface area (Å²) in [5.74, 6) is 0.540. The molecule has 0 bridgehead atoms. The van der Waals surface area contributed by atoms with E-state index in [1.54, 1.807) is 6.20 Å². The Morgan fingerprint density at radius 3 is 1.96 bits per heavy atom. The molecule has 0 saturated carbocycles. The molecule has 8 rings (SSSR count). The van der Waals surface area contributed by atoms with E-state index in [0.717, 1.165) is 35.5 Å². The van der Waals surface area contributed by atoms with E-state index in [0.29, 0.717) is 5.92 Å². The van der Waals surface area contributed by atoms with Crippen molar-refractivity contribution in [2.24, 2.45) is 5.92 Å². The van der Waals surface area contributed by atoms with E-state index < -0.39 is 8.07 Å². The van der Waals surface area contributed by atoms with E-state index in [9.17, 15) is 0 Å². The first kappa shape index (κ1) is 36.8. The molecule has 0 fully saturated rings. The van der Waals surface area contributed by atoms with Crippen LogP contribution in [0.25, 0.3) is 44.3 Å². The summed E-state index contributed by atoms with van der Waals surface area (Å²) in [5.41, 5.74) is 7.98. The molecule has 3 aromatic heterocycles. The van der Waals surface area contributed by atoms with Crippen molar-refractivity contribution in [3.05, 3.63) is 176 Å². The van der Waals surface area contributed by atoms with Crippen molar-refractivity contribution in [3.63, 3.8) is 0 Å². The van der Waals surface area contributed by atoms with Gasteiger partial charge in [-0.25, -0.2) is 0 Å². The molecule has 0 aliphatic rings. The van der Waals surface area contributed by atoms with Gasteiger partial charge >= 0.3 is 0 Å². The van der Waals surface area contributed by atoms with E-state index >= 15 is 0 Å². The third-order valence-electron chi connectivity index (χ3n) is 9.81. The molecule has 261 valence electrons. The Balaban J connectivity index is 0.000000302. The SMILES string of the molecule is CCn1c2c[c-]c(-c3cc(CC(C)C)c([Si](C)(c4ccccc4)c4ccccc4)cn3)cc2c2ccccc21.[Ir].[c-]1ccccc1-c1ccccn1. The summed E-state index contributed by atoms with van der Waals surface area (Å²) in [4.78, 5) is 9.36. The molecule has 1 radical (unpaired) electrons. The molecule has 0 atom stereocenters. The van der Waals surface area contributed by atoms with E-state index in [1.165, 1.54) is 42.9 Å². The topological polar surface area (TPSA) is 30.7 Å². The van der Waals surface area contributed by atoms with Gasteiger partial charge in [0.2, 0.25) is 0 Å². The van der Waals surface area contributed by atoms with Gasteiger partial charge < -0.3 is 14.5 Å². The van der Waals surface area contributed by atoms with Gasteiger partial charge in [0.05, 0.1) is 0 Å². The molecule has 0 aliphatic carbocycles. The second kappa shape index (κ2) is 16.6. The minimum absolute atomic E-state index is 0. The van der Waals surface area contributed by atoms with Gasteiger partial charge in [-0.15, -0.1) is 59.7 Å². The fraction of sp³-hybridized carbons (Fsp3) is 0.149. The summed E-state index contributed by atoms with van der Waals surface area (Å²) >= 11 is 0. The van der Waals surface area contributed by atoms with Crippen molar-refractivity contribution in [2.75, 3.05) is 0 Å². The number of rotatable bonds is 8. The van der Waals surface area contributed by atoms with Crippen LogP contribution in [0.1, 0.15) is 26.3 Å². The number of hydrogen-bond acceptors (Lipinski definition) is 2. The van der Waals surface area contributed by atoms with Gasteiger partial charge in [-0.05, 0) is 69.2 Å². The van der Waals surface area contributed by atoms with E-state index in [2.05, 4.69) is 158 Å². The van der Waals surface area contributed by atoms with Crippen LogP contribution in [0.5, 0.6) is 0 Å². The second-order valence-electron chi connectivity index (χ2n) is 13.6. The first-order chi connectivity index (χ1) is 25.0. The van der Waals surface area contributed by atoms with Crippen LogP contribution in [0.2, 0.25) is 6.55 Å². The maximum Gasteiger partial charge on any atom is 0.147 e. The zero-order chi connectivity index (χ0) is 35.2. The van der Waals surface area contributed by atoms with Crippen LogP contribution in [0.4, 0.5) is 0 Å². The van der Waals surface area contributed by atoms with Gasteiger partial charge in [0.15, 0.2) is 0 Å². The van der Waals surface area contributed by atoms with Gasteiger partial charge in [0, 0.05) is 44.6 Å². The number of pyridine rings is 2. The minimum Gasteiger partial charge on any atom is -0.381 e. The summed E-state index contributed by atoms with van der Waals surface area (Å²) in [7, 11) is -2.27. The fourth-order valence-corrected chi connectivity index (χ4v) is 11.1. The smallest absolute Gasteiger partial charge is 0.147 e. The average Bonchev–Trinajstić information content (AvgIpc) is 3.52. The van der Waals surface area contributed by atoms with Crippen LogP contribution in [-0.2, 0) is 33.1 Å². The summed E-state index contributed by atoms with van der Waals surface area (Å²) in [6.45, 7) is 10.2. The first-order valence-corrected chi connectivity index (χ1v) is 20.4. The van der Waals surface area contributed by atoms with Crippen LogP contribution in [0.15, 0.2) is 158 Å². The van der Waals surface area contributed by atoms with Crippen LogP contribution in [-0.4, -0.2) is 22.6 Å². The summed E-state index contributed by atoms with van der Waals surface area (Å²) < 4.78 is 2.38. The Morgan fingerprint density at radius 2 is 1.33 bits per heavy atom.